The van der Waals surface area contributed by atoms with Crippen LogP contribution in [0.3, 0.4) is 0 Å². The fourth-order valence-corrected chi connectivity index (χ4v) is 5.57. The minimum atomic E-state index is -1.91. The lowest BCUT2D eigenvalue weighted by molar-refractivity contribution is 0.0819. The van der Waals surface area contributed by atoms with Crippen molar-refractivity contribution in [2.75, 3.05) is 75.0 Å². The van der Waals surface area contributed by atoms with Crippen LogP contribution in [0.4, 0.5) is 0 Å². The van der Waals surface area contributed by atoms with Gasteiger partial charge in [0.1, 0.15) is 0 Å². The Kier molecular flexibility index (Phi) is 17.0. The molecule has 0 saturated heterocycles. The average molecular weight is 440 g/mol. The number of unbranched alkanes of at least 4 members (excludes halogenated alkanes) is 2. The normalized spacial score (nSPS) is 12.9. The van der Waals surface area contributed by atoms with Crippen LogP contribution in [0.15, 0.2) is 0 Å². The number of nitrogens with zero attached hydrogens (tertiary/aromatic N) is 1. The summed E-state index contributed by atoms with van der Waals surface area (Å²) in [6, 6.07) is 2.03. The summed E-state index contributed by atoms with van der Waals surface area (Å²) in [7, 11) is 5.25. The molecule has 0 heterocycles. The van der Waals surface area contributed by atoms with E-state index in [1.54, 1.807) is 28.4 Å². The molecule has 0 unspecified atom stereocenters. The fourth-order valence-electron chi connectivity index (χ4n) is 2.63. The van der Waals surface area contributed by atoms with Gasteiger partial charge in [0.25, 0.3) is 0 Å². The molecule has 0 aliphatic rings. The van der Waals surface area contributed by atoms with Crippen molar-refractivity contribution in [2.24, 2.45) is 0 Å². The van der Waals surface area contributed by atoms with E-state index in [4.69, 9.17) is 27.2 Å². The van der Waals surface area contributed by atoms with E-state index < -0.39 is 17.1 Å². The third kappa shape index (κ3) is 14.2. The van der Waals surface area contributed by atoms with E-state index in [1.165, 1.54) is 0 Å². The number of ether oxygens (including phenoxy) is 2. The molecular weight excluding hydrogens is 394 g/mol. The predicted octanol–water partition coefficient (Wildman–Crippen LogP) is 3.24. The van der Waals surface area contributed by atoms with Gasteiger partial charge < -0.3 is 32.1 Å². The van der Waals surface area contributed by atoms with Gasteiger partial charge in [0.2, 0.25) is 0 Å². The van der Waals surface area contributed by atoms with Gasteiger partial charge in [-0.2, -0.15) is 0 Å². The fraction of sp³-hybridized carbons (Fsp3) is 1.00. The van der Waals surface area contributed by atoms with Crippen LogP contribution in [-0.2, 0) is 27.2 Å². The van der Waals surface area contributed by atoms with Gasteiger partial charge in [-0.25, -0.2) is 0 Å². The number of hydrogen-bond donors (Lipinski definition) is 0. The zero-order chi connectivity index (χ0) is 21.3. The van der Waals surface area contributed by atoms with Gasteiger partial charge in [-0.05, 0) is 57.9 Å². The highest BCUT2D eigenvalue weighted by Gasteiger charge is 2.28. The molecule has 0 N–H and O–H groups in total. The maximum Gasteiger partial charge on any atom is 0.334 e. The number of likely N-dealkylation sites (N-methyl/N-ethyl adjacent to an activating group) is 1. The summed E-state index contributed by atoms with van der Waals surface area (Å²) in [5, 5.41) is 0. The lowest BCUT2D eigenvalue weighted by Crippen LogP contribution is -2.35. The van der Waals surface area contributed by atoms with Gasteiger partial charge in [0.15, 0.2) is 0 Å². The second kappa shape index (κ2) is 16.9. The average Bonchev–Trinajstić information content (AvgIpc) is 2.71. The summed E-state index contributed by atoms with van der Waals surface area (Å²) < 4.78 is 33.4. The molecule has 9 heteroatoms. The van der Waals surface area contributed by atoms with E-state index >= 15 is 0 Å². The molecule has 0 aliphatic heterocycles. The minimum Gasteiger partial charge on any atom is -0.398 e. The first-order valence-electron chi connectivity index (χ1n) is 10.4. The molecule has 0 saturated carbocycles. The second-order valence-electron chi connectivity index (χ2n) is 7.53. The Morgan fingerprint density at radius 1 is 0.571 bits per heavy atom. The maximum absolute atomic E-state index is 5.73. The summed E-state index contributed by atoms with van der Waals surface area (Å²) in [6.07, 6.45) is 4.28. The highest BCUT2D eigenvalue weighted by Crippen LogP contribution is 2.15. The van der Waals surface area contributed by atoms with Gasteiger partial charge in [-0.1, -0.05) is 0 Å². The molecule has 0 spiro atoms. The monoisotopic (exact) mass is 439 g/mol. The van der Waals surface area contributed by atoms with Crippen molar-refractivity contribution in [1.29, 1.82) is 0 Å². The predicted molar refractivity (Wildman–Crippen MR) is 118 cm³/mol. The molecule has 0 radical (unpaired) electrons. The largest absolute Gasteiger partial charge is 0.398 e. The van der Waals surface area contributed by atoms with Gasteiger partial charge in [-0.15, -0.1) is 0 Å². The summed E-state index contributed by atoms with van der Waals surface area (Å²) in [5.74, 6) is 0. The third-order valence-electron chi connectivity index (χ3n) is 5.30. The Morgan fingerprint density at radius 3 is 1.25 bits per heavy atom. The van der Waals surface area contributed by atoms with E-state index in [0.717, 1.165) is 77.3 Å². The third-order valence-corrected chi connectivity index (χ3v) is 11.3. The highest BCUT2D eigenvalue weighted by molar-refractivity contribution is 6.66. The van der Waals surface area contributed by atoms with E-state index in [2.05, 4.69) is 25.0 Å². The Hall–Kier alpha value is 0.154. The Bertz CT molecular complexity index is 325. The summed E-state index contributed by atoms with van der Waals surface area (Å²) in [5.41, 5.74) is 0. The maximum atomic E-state index is 5.73. The van der Waals surface area contributed by atoms with E-state index in [-0.39, 0.29) is 0 Å². The van der Waals surface area contributed by atoms with Crippen LogP contribution in [0, 0.1) is 0 Å². The van der Waals surface area contributed by atoms with Gasteiger partial charge in [-0.3, -0.25) is 0 Å². The van der Waals surface area contributed by atoms with E-state index in [0.29, 0.717) is 0 Å². The SMILES string of the molecule is CO[Si](C)(CCCCOCCN(C)CCOCCCC[Si](C)(OC)OC)OC. The van der Waals surface area contributed by atoms with Crippen molar-refractivity contribution < 1.29 is 27.2 Å². The topological polar surface area (TPSA) is 58.6 Å². The van der Waals surface area contributed by atoms with Crippen LogP contribution in [0.1, 0.15) is 25.7 Å². The molecule has 7 nitrogen and oxygen atoms in total. The number of rotatable bonds is 20. The van der Waals surface area contributed by atoms with E-state index in [9.17, 15) is 0 Å². The standard InChI is InChI=1S/C19H45NO6Si2/c1-20(12-16-25-14-8-10-18-27(6,21-2)22-3)13-17-26-15-9-11-19-28(7,23-4)24-5/h8-19H2,1-7H3. The quantitative estimate of drug-likeness (QED) is 0.213. The Balaban J connectivity index is 3.46. The van der Waals surface area contributed by atoms with Gasteiger partial charge >= 0.3 is 17.1 Å². The molecule has 0 amide bonds. The zero-order valence-electron chi connectivity index (χ0n) is 19.4. The van der Waals surface area contributed by atoms with Crippen molar-refractivity contribution in [3.63, 3.8) is 0 Å². The van der Waals surface area contributed by atoms with Crippen molar-refractivity contribution in [3.8, 4) is 0 Å². The summed E-state index contributed by atoms with van der Waals surface area (Å²) >= 11 is 0. The number of hydrogen-bond acceptors (Lipinski definition) is 7. The van der Waals surface area contributed by atoms with Gasteiger partial charge in [0.05, 0.1) is 13.2 Å². The first-order valence-corrected chi connectivity index (χ1v) is 15.4. The molecule has 170 valence electrons. The van der Waals surface area contributed by atoms with Gasteiger partial charge in [0, 0.05) is 54.7 Å². The molecule has 0 bridgehead atoms. The second-order valence-corrected chi connectivity index (χ2v) is 14.7. The van der Waals surface area contributed by atoms with Crippen molar-refractivity contribution >= 4 is 17.1 Å². The summed E-state index contributed by atoms with van der Waals surface area (Å²) in [6.45, 7) is 9.18. The molecule has 0 aromatic rings. The van der Waals surface area contributed by atoms with Crippen molar-refractivity contribution in [3.05, 3.63) is 0 Å². The molecule has 0 aromatic carbocycles. The lowest BCUT2D eigenvalue weighted by Gasteiger charge is -2.22. The van der Waals surface area contributed by atoms with Crippen molar-refractivity contribution in [1.82, 2.24) is 4.90 Å². The molecule has 0 rings (SSSR count). The van der Waals surface area contributed by atoms with Crippen LogP contribution in [0.5, 0.6) is 0 Å². The van der Waals surface area contributed by atoms with E-state index in [1.807, 2.05) is 0 Å². The molecule has 0 aliphatic carbocycles. The van der Waals surface area contributed by atoms with Crippen LogP contribution >= 0.6 is 0 Å². The molecular formula is C19H45NO6Si2. The summed E-state index contributed by atoms with van der Waals surface area (Å²) in [4.78, 5) is 2.25. The Morgan fingerprint density at radius 2 is 0.929 bits per heavy atom. The van der Waals surface area contributed by atoms with Crippen LogP contribution in [0.25, 0.3) is 0 Å². The van der Waals surface area contributed by atoms with Crippen LogP contribution in [-0.4, -0.2) is 97.0 Å². The van der Waals surface area contributed by atoms with Crippen LogP contribution in [0.2, 0.25) is 25.2 Å². The molecule has 0 atom stereocenters. The first kappa shape index (κ1) is 28.2. The molecule has 28 heavy (non-hydrogen) atoms. The van der Waals surface area contributed by atoms with Crippen molar-refractivity contribution in [2.45, 2.75) is 50.9 Å². The molecule has 0 fully saturated rings. The Labute approximate surface area is 175 Å². The molecule has 0 aromatic heterocycles. The zero-order valence-corrected chi connectivity index (χ0v) is 21.4. The minimum absolute atomic E-state index is 0.761. The highest BCUT2D eigenvalue weighted by atomic mass is 28.4. The lowest BCUT2D eigenvalue weighted by atomic mass is 10.3. The first-order chi connectivity index (χ1) is 13.3. The van der Waals surface area contributed by atoms with Crippen LogP contribution < -0.4 is 0 Å². The smallest absolute Gasteiger partial charge is 0.334 e.